The summed E-state index contributed by atoms with van der Waals surface area (Å²) in [6, 6.07) is -0.139. The number of nitrogens with zero attached hydrogens (tertiary/aromatic N) is 1. The number of carbonyl (C=O) groups is 2. The molecule has 1 aliphatic heterocycles. The van der Waals surface area contributed by atoms with E-state index in [-0.39, 0.29) is 24.4 Å². The second kappa shape index (κ2) is 5.11. The summed E-state index contributed by atoms with van der Waals surface area (Å²) in [5.41, 5.74) is 0. The van der Waals surface area contributed by atoms with Gasteiger partial charge in [-0.1, -0.05) is 6.92 Å². The first-order valence-electron chi connectivity index (χ1n) is 5.23. The third-order valence-corrected chi connectivity index (χ3v) is 2.73. The molecule has 0 spiro atoms. The van der Waals surface area contributed by atoms with Crippen LogP contribution in [0.15, 0.2) is 0 Å². The van der Waals surface area contributed by atoms with Crippen molar-refractivity contribution in [2.24, 2.45) is 5.92 Å². The summed E-state index contributed by atoms with van der Waals surface area (Å²) < 4.78 is 0. The van der Waals surface area contributed by atoms with Crippen molar-refractivity contribution < 1.29 is 9.59 Å². The molecule has 86 valence electrons. The van der Waals surface area contributed by atoms with Crippen LogP contribution in [-0.2, 0) is 9.59 Å². The van der Waals surface area contributed by atoms with Gasteiger partial charge in [0.2, 0.25) is 11.8 Å². The van der Waals surface area contributed by atoms with Crippen molar-refractivity contribution in [3.05, 3.63) is 0 Å². The van der Waals surface area contributed by atoms with E-state index >= 15 is 0 Å². The van der Waals surface area contributed by atoms with Crippen molar-refractivity contribution >= 4 is 11.8 Å². The lowest BCUT2D eigenvalue weighted by molar-refractivity contribution is -0.131. The molecular formula is C10H19N3O2. The molecule has 2 atom stereocenters. The van der Waals surface area contributed by atoms with Gasteiger partial charge < -0.3 is 15.5 Å². The molecule has 0 aromatic rings. The highest BCUT2D eigenvalue weighted by molar-refractivity contribution is 5.87. The zero-order valence-electron chi connectivity index (χ0n) is 9.54. The van der Waals surface area contributed by atoms with Crippen LogP contribution in [-0.4, -0.2) is 49.9 Å². The van der Waals surface area contributed by atoms with Gasteiger partial charge in [-0.05, 0) is 18.9 Å². The molecule has 1 fully saturated rings. The Balaban J connectivity index is 2.33. The van der Waals surface area contributed by atoms with Crippen molar-refractivity contribution in [3.8, 4) is 0 Å². The third kappa shape index (κ3) is 3.20. The van der Waals surface area contributed by atoms with Crippen molar-refractivity contribution in [1.29, 1.82) is 0 Å². The van der Waals surface area contributed by atoms with Crippen LogP contribution in [0.5, 0.6) is 0 Å². The fourth-order valence-electron chi connectivity index (χ4n) is 1.62. The molecule has 0 bridgehead atoms. The number of nitrogens with one attached hydrogen (secondary N) is 2. The predicted molar refractivity (Wildman–Crippen MR) is 57.3 cm³/mol. The maximum atomic E-state index is 11.6. The van der Waals surface area contributed by atoms with Crippen molar-refractivity contribution in [3.63, 3.8) is 0 Å². The summed E-state index contributed by atoms with van der Waals surface area (Å²) in [5, 5.41) is 5.77. The minimum Gasteiger partial charge on any atom is -0.347 e. The van der Waals surface area contributed by atoms with Crippen LogP contribution >= 0.6 is 0 Å². The van der Waals surface area contributed by atoms with Crippen LogP contribution in [0.2, 0.25) is 0 Å². The predicted octanol–water partition coefficient (Wildman–Crippen LogP) is -0.811. The monoisotopic (exact) mass is 213 g/mol. The summed E-state index contributed by atoms with van der Waals surface area (Å²) in [5.74, 6) is 0.184. The molecular weight excluding hydrogens is 194 g/mol. The van der Waals surface area contributed by atoms with Gasteiger partial charge in [-0.3, -0.25) is 9.59 Å². The first-order valence-corrected chi connectivity index (χ1v) is 5.23. The van der Waals surface area contributed by atoms with Crippen LogP contribution in [0.4, 0.5) is 0 Å². The van der Waals surface area contributed by atoms with E-state index < -0.39 is 0 Å². The highest BCUT2D eigenvalue weighted by Gasteiger charge is 2.29. The van der Waals surface area contributed by atoms with Gasteiger partial charge >= 0.3 is 0 Å². The number of hydrogen-bond donors (Lipinski definition) is 2. The van der Waals surface area contributed by atoms with Crippen LogP contribution in [0.3, 0.4) is 0 Å². The van der Waals surface area contributed by atoms with Gasteiger partial charge in [-0.15, -0.1) is 0 Å². The second-order valence-corrected chi connectivity index (χ2v) is 4.20. The number of rotatable bonds is 3. The third-order valence-electron chi connectivity index (χ3n) is 2.73. The van der Waals surface area contributed by atoms with E-state index in [2.05, 4.69) is 10.6 Å². The molecule has 5 nitrogen and oxygen atoms in total. The first kappa shape index (κ1) is 12.0. The molecule has 0 aromatic heterocycles. The van der Waals surface area contributed by atoms with Crippen molar-refractivity contribution in [2.45, 2.75) is 19.4 Å². The van der Waals surface area contributed by atoms with Crippen LogP contribution in [0, 0.1) is 5.92 Å². The zero-order chi connectivity index (χ0) is 11.4. The van der Waals surface area contributed by atoms with Gasteiger partial charge in [0, 0.05) is 14.1 Å². The summed E-state index contributed by atoms with van der Waals surface area (Å²) in [6.07, 6.45) is 1.01. The smallest absolute Gasteiger partial charge is 0.241 e. The van der Waals surface area contributed by atoms with Gasteiger partial charge in [-0.25, -0.2) is 0 Å². The Morgan fingerprint density at radius 1 is 1.47 bits per heavy atom. The number of carbonyl (C=O) groups excluding carboxylic acids is 2. The summed E-state index contributed by atoms with van der Waals surface area (Å²) in [7, 11) is 3.34. The molecule has 2 amide bonds. The Kier molecular flexibility index (Phi) is 4.08. The minimum atomic E-state index is -0.139. The molecule has 1 saturated heterocycles. The minimum absolute atomic E-state index is 0.0739. The van der Waals surface area contributed by atoms with Crippen molar-refractivity contribution in [1.82, 2.24) is 15.5 Å². The summed E-state index contributed by atoms with van der Waals surface area (Å²) >= 11 is 0. The van der Waals surface area contributed by atoms with Crippen LogP contribution < -0.4 is 10.6 Å². The molecule has 1 rings (SSSR count). The van der Waals surface area contributed by atoms with Gasteiger partial charge in [0.1, 0.15) is 0 Å². The Hall–Kier alpha value is -1.10. The first-order chi connectivity index (χ1) is 7.02. The molecule has 1 aliphatic rings. The fourth-order valence-corrected chi connectivity index (χ4v) is 1.62. The normalized spacial score (nSPS) is 25.0. The van der Waals surface area contributed by atoms with E-state index in [1.807, 2.05) is 6.92 Å². The van der Waals surface area contributed by atoms with Crippen molar-refractivity contribution in [2.75, 3.05) is 27.2 Å². The molecule has 0 aliphatic carbocycles. The molecule has 0 aromatic carbocycles. The Morgan fingerprint density at radius 3 is 2.60 bits per heavy atom. The SMILES string of the molecule is CC1CCNC1C(=O)NCC(=O)N(C)C. The standard InChI is InChI=1S/C10H19N3O2/c1-7-4-5-11-9(7)10(15)12-6-8(14)13(2)3/h7,9,11H,4-6H2,1-3H3,(H,12,15). The van der Waals surface area contributed by atoms with Crippen LogP contribution in [0.1, 0.15) is 13.3 Å². The summed E-state index contributed by atoms with van der Waals surface area (Å²) in [6.45, 7) is 3.00. The van der Waals surface area contributed by atoms with E-state index in [0.717, 1.165) is 13.0 Å². The van der Waals surface area contributed by atoms with E-state index in [4.69, 9.17) is 0 Å². The van der Waals surface area contributed by atoms with E-state index in [1.54, 1.807) is 14.1 Å². The highest BCUT2D eigenvalue weighted by atomic mass is 16.2. The van der Waals surface area contributed by atoms with Gasteiger partial charge in [0.25, 0.3) is 0 Å². The van der Waals surface area contributed by atoms with E-state index in [9.17, 15) is 9.59 Å². The quantitative estimate of drug-likeness (QED) is 0.644. The molecule has 0 radical (unpaired) electrons. The lowest BCUT2D eigenvalue weighted by Gasteiger charge is -2.16. The Bertz CT molecular complexity index is 253. The van der Waals surface area contributed by atoms with Crippen LogP contribution in [0.25, 0.3) is 0 Å². The Labute approximate surface area is 90.2 Å². The fraction of sp³-hybridized carbons (Fsp3) is 0.800. The van der Waals surface area contributed by atoms with Gasteiger partial charge in [0.15, 0.2) is 0 Å². The number of amides is 2. The van der Waals surface area contributed by atoms with E-state index in [0.29, 0.717) is 5.92 Å². The average molecular weight is 213 g/mol. The molecule has 0 saturated carbocycles. The number of hydrogen-bond acceptors (Lipinski definition) is 3. The molecule has 5 heteroatoms. The van der Waals surface area contributed by atoms with Gasteiger partial charge in [-0.2, -0.15) is 0 Å². The molecule has 15 heavy (non-hydrogen) atoms. The second-order valence-electron chi connectivity index (χ2n) is 4.20. The van der Waals surface area contributed by atoms with Gasteiger partial charge in [0.05, 0.1) is 12.6 Å². The Morgan fingerprint density at radius 2 is 2.13 bits per heavy atom. The summed E-state index contributed by atoms with van der Waals surface area (Å²) in [4.78, 5) is 24.3. The van der Waals surface area contributed by atoms with E-state index in [1.165, 1.54) is 4.90 Å². The lowest BCUT2D eigenvalue weighted by atomic mass is 10.0. The zero-order valence-corrected chi connectivity index (χ0v) is 9.54. The number of likely N-dealkylation sites (N-methyl/N-ethyl adjacent to an activating group) is 1. The molecule has 2 unspecified atom stereocenters. The lowest BCUT2D eigenvalue weighted by Crippen LogP contribution is -2.46. The largest absolute Gasteiger partial charge is 0.347 e. The molecule has 1 heterocycles. The maximum absolute atomic E-state index is 11.6. The average Bonchev–Trinajstić information content (AvgIpc) is 2.60. The highest BCUT2D eigenvalue weighted by Crippen LogP contribution is 2.13. The maximum Gasteiger partial charge on any atom is 0.241 e. The molecule has 2 N–H and O–H groups in total. The topological polar surface area (TPSA) is 61.4 Å².